The standard InChI is InChI=1S/C16H26O6/c1-10(20-9-17)13(19-4)15-14(21-16(2,3)22-15)11-7-5-6-8-12(11)18/h9-11,13-15H,5-8H2,1-4H3/t10-,11?,13-,14+,15+/m0/s1. The lowest BCUT2D eigenvalue weighted by Crippen LogP contribution is -2.48. The third-order valence-electron chi connectivity index (χ3n) is 4.49. The third kappa shape index (κ3) is 3.67. The van der Waals surface area contributed by atoms with Gasteiger partial charge < -0.3 is 18.9 Å². The van der Waals surface area contributed by atoms with Gasteiger partial charge in [-0.2, -0.15) is 0 Å². The molecular formula is C16H26O6. The molecule has 22 heavy (non-hydrogen) atoms. The highest BCUT2D eigenvalue weighted by atomic mass is 16.8. The lowest BCUT2D eigenvalue weighted by atomic mass is 9.81. The first-order valence-electron chi connectivity index (χ1n) is 7.90. The fourth-order valence-electron chi connectivity index (χ4n) is 3.50. The van der Waals surface area contributed by atoms with Crippen LogP contribution in [0.3, 0.4) is 0 Å². The summed E-state index contributed by atoms with van der Waals surface area (Å²) < 4.78 is 22.5. The molecule has 0 aromatic rings. The molecule has 126 valence electrons. The molecule has 2 aliphatic rings. The van der Waals surface area contributed by atoms with Crippen molar-refractivity contribution in [1.29, 1.82) is 0 Å². The van der Waals surface area contributed by atoms with Gasteiger partial charge in [0.15, 0.2) is 5.79 Å². The van der Waals surface area contributed by atoms with Crippen molar-refractivity contribution in [2.75, 3.05) is 7.11 Å². The smallest absolute Gasteiger partial charge is 0.293 e. The minimum atomic E-state index is -0.787. The maximum absolute atomic E-state index is 12.3. The molecule has 0 radical (unpaired) electrons. The second kappa shape index (κ2) is 7.06. The van der Waals surface area contributed by atoms with Crippen molar-refractivity contribution in [2.45, 2.75) is 76.7 Å². The Balaban J connectivity index is 2.21. The number of ketones is 1. The lowest BCUT2D eigenvalue weighted by molar-refractivity contribution is -0.171. The summed E-state index contributed by atoms with van der Waals surface area (Å²) >= 11 is 0. The Morgan fingerprint density at radius 3 is 2.64 bits per heavy atom. The average molecular weight is 314 g/mol. The fraction of sp³-hybridized carbons (Fsp3) is 0.875. The van der Waals surface area contributed by atoms with E-state index in [-0.39, 0.29) is 17.8 Å². The summed E-state index contributed by atoms with van der Waals surface area (Å²) in [6, 6.07) is 0. The maximum atomic E-state index is 12.3. The molecule has 1 heterocycles. The van der Waals surface area contributed by atoms with Crippen molar-refractivity contribution in [3.05, 3.63) is 0 Å². The molecule has 0 bridgehead atoms. The van der Waals surface area contributed by atoms with E-state index in [0.29, 0.717) is 12.9 Å². The molecule has 1 unspecified atom stereocenters. The number of hydrogen-bond donors (Lipinski definition) is 0. The molecule has 1 aliphatic carbocycles. The molecule has 2 rings (SSSR count). The van der Waals surface area contributed by atoms with Gasteiger partial charge in [-0.15, -0.1) is 0 Å². The molecule has 0 aromatic carbocycles. The van der Waals surface area contributed by atoms with Crippen molar-refractivity contribution >= 4 is 12.3 Å². The highest BCUT2D eigenvalue weighted by Gasteiger charge is 2.51. The van der Waals surface area contributed by atoms with Crippen LogP contribution < -0.4 is 0 Å². The summed E-state index contributed by atoms with van der Waals surface area (Å²) in [7, 11) is 1.55. The Morgan fingerprint density at radius 1 is 1.32 bits per heavy atom. The minimum Gasteiger partial charge on any atom is -0.462 e. The molecule has 2 fully saturated rings. The van der Waals surface area contributed by atoms with Crippen LogP contribution >= 0.6 is 0 Å². The molecule has 1 aliphatic heterocycles. The van der Waals surface area contributed by atoms with Crippen LogP contribution in [0.25, 0.3) is 0 Å². The summed E-state index contributed by atoms with van der Waals surface area (Å²) in [5.41, 5.74) is 0. The zero-order chi connectivity index (χ0) is 16.3. The molecule has 1 saturated carbocycles. The highest BCUT2D eigenvalue weighted by Crippen LogP contribution is 2.39. The van der Waals surface area contributed by atoms with Crippen LogP contribution in [0.15, 0.2) is 0 Å². The first-order valence-corrected chi connectivity index (χ1v) is 7.90. The first kappa shape index (κ1) is 17.4. The number of hydrogen-bond acceptors (Lipinski definition) is 6. The fourth-order valence-corrected chi connectivity index (χ4v) is 3.50. The van der Waals surface area contributed by atoms with Crippen LogP contribution in [0.5, 0.6) is 0 Å². The summed E-state index contributed by atoms with van der Waals surface area (Å²) in [6.07, 6.45) is 1.58. The van der Waals surface area contributed by atoms with Crippen molar-refractivity contribution in [3.63, 3.8) is 0 Å². The summed E-state index contributed by atoms with van der Waals surface area (Å²) in [6.45, 7) is 5.80. The van der Waals surface area contributed by atoms with E-state index < -0.39 is 24.1 Å². The van der Waals surface area contributed by atoms with Crippen molar-refractivity contribution in [3.8, 4) is 0 Å². The van der Waals surface area contributed by atoms with Crippen LogP contribution in [-0.4, -0.2) is 49.6 Å². The largest absolute Gasteiger partial charge is 0.462 e. The van der Waals surface area contributed by atoms with E-state index in [2.05, 4.69) is 0 Å². The third-order valence-corrected chi connectivity index (χ3v) is 4.49. The zero-order valence-electron chi connectivity index (χ0n) is 13.7. The van der Waals surface area contributed by atoms with Gasteiger partial charge in [0, 0.05) is 19.4 Å². The van der Waals surface area contributed by atoms with Gasteiger partial charge in [0.2, 0.25) is 0 Å². The first-order chi connectivity index (χ1) is 10.4. The molecule has 5 atom stereocenters. The highest BCUT2D eigenvalue weighted by molar-refractivity contribution is 5.82. The number of carbonyl (C=O) groups excluding carboxylic acids is 2. The van der Waals surface area contributed by atoms with E-state index in [9.17, 15) is 9.59 Å². The average Bonchev–Trinajstić information content (AvgIpc) is 2.76. The van der Waals surface area contributed by atoms with E-state index in [1.165, 1.54) is 0 Å². The van der Waals surface area contributed by atoms with Gasteiger partial charge in [-0.05, 0) is 33.6 Å². The van der Waals surface area contributed by atoms with Gasteiger partial charge in [-0.25, -0.2) is 0 Å². The number of rotatable bonds is 6. The predicted molar refractivity (Wildman–Crippen MR) is 78.2 cm³/mol. The van der Waals surface area contributed by atoms with Crippen molar-refractivity contribution in [2.24, 2.45) is 5.92 Å². The molecule has 0 N–H and O–H groups in total. The van der Waals surface area contributed by atoms with Crippen molar-refractivity contribution in [1.82, 2.24) is 0 Å². The quantitative estimate of drug-likeness (QED) is 0.697. The molecule has 0 aromatic heterocycles. The van der Waals surface area contributed by atoms with Gasteiger partial charge >= 0.3 is 0 Å². The Morgan fingerprint density at radius 2 is 2.05 bits per heavy atom. The molecular weight excluding hydrogens is 288 g/mol. The van der Waals surface area contributed by atoms with E-state index in [1.807, 2.05) is 13.8 Å². The van der Waals surface area contributed by atoms with Crippen LogP contribution in [0.1, 0.15) is 46.5 Å². The topological polar surface area (TPSA) is 71.1 Å². The number of Topliss-reactive ketones (excluding diaryl/α,β-unsaturated/α-hetero) is 1. The summed E-state index contributed by atoms with van der Waals surface area (Å²) in [5.74, 6) is -0.743. The Bertz CT molecular complexity index is 407. The number of carbonyl (C=O) groups is 2. The van der Waals surface area contributed by atoms with Gasteiger partial charge in [0.05, 0.1) is 6.10 Å². The summed E-state index contributed by atoms with van der Waals surface area (Å²) in [5, 5.41) is 0. The SMILES string of the molecule is CO[C@H]([C@H]1OC(C)(C)O[C@@H]1C1CCCCC1=O)[C@H](C)OC=O. The predicted octanol–water partition coefficient (Wildman–Crippen LogP) is 1.84. The van der Waals surface area contributed by atoms with Gasteiger partial charge in [-0.3, -0.25) is 9.59 Å². The molecule has 6 nitrogen and oxygen atoms in total. The number of ether oxygens (including phenoxy) is 4. The molecule has 0 spiro atoms. The maximum Gasteiger partial charge on any atom is 0.293 e. The van der Waals surface area contributed by atoms with Crippen molar-refractivity contribution < 1.29 is 28.5 Å². The summed E-state index contributed by atoms with van der Waals surface area (Å²) in [4.78, 5) is 22.9. The van der Waals surface area contributed by atoms with Gasteiger partial charge in [0.1, 0.15) is 24.1 Å². The van der Waals surface area contributed by atoms with Crippen LogP contribution in [0, 0.1) is 5.92 Å². The minimum absolute atomic E-state index is 0.179. The van der Waals surface area contributed by atoms with E-state index in [0.717, 1.165) is 19.3 Å². The van der Waals surface area contributed by atoms with E-state index in [1.54, 1.807) is 14.0 Å². The second-order valence-electron chi connectivity index (χ2n) is 6.52. The Hall–Kier alpha value is -0.980. The zero-order valence-corrected chi connectivity index (χ0v) is 13.7. The van der Waals surface area contributed by atoms with E-state index >= 15 is 0 Å². The van der Waals surface area contributed by atoms with Crippen LogP contribution in [0.2, 0.25) is 0 Å². The van der Waals surface area contributed by atoms with Crippen LogP contribution in [-0.2, 0) is 28.5 Å². The normalized spacial score (nSPS) is 34.2. The molecule has 1 saturated heterocycles. The van der Waals surface area contributed by atoms with Gasteiger partial charge in [0.25, 0.3) is 6.47 Å². The molecule has 0 amide bonds. The molecule has 6 heteroatoms. The monoisotopic (exact) mass is 314 g/mol. The van der Waals surface area contributed by atoms with Gasteiger partial charge in [-0.1, -0.05) is 6.42 Å². The lowest BCUT2D eigenvalue weighted by Gasteiger charge is -2.33. The van der Waals surface area contributed by atoms with Crippen LogP contribution in [0.4, 0.5) is 0 Å². The second-order valence-corrected chi connectivity index (χ2v) is 6.52. The van der Waals surface area contributed by atoms with E-state index in [4.69, 9.17) is 18.9 Å². The number of methoxy groups -OCH3 is 1. The Labute approximate surface area is 131 Å². The Kier molecular flexibility index (Phi) is 5.58.